The topological polar surface area (TPSA) is 276 Å². The highest BCUT2D eigenvalue weighted by Crippen LogP contribution is 2.44. The number of aliphatic hydroxyl groups excluding tert-OH is 1. The van der Waals surface area contributed by atoms with Crippen molar-refractivity contribution in [3.8, 4) is 22.9 Å². The minimum absolute atomic E-state index is 0.0347. The smallest absolute Gasteiger partial charge is 0.355 e. The number of aryl methyl sites for hydroxylation is 1. The summed E-state index contributed by atoms with van der Waals surface area (Å²) in [5.41, 5.74) is 5.51. The molecule has 2 aromatic heterocycles. The zero-order valence-electron chi connectivity index (χ0n) is 38.7. The molecule has 0 bridgehead atoms. The first-order valence-corrected chi connectivity index (χ1v) is 21.6. The molecule has 2 aromatic carbocycles. The molecule has 0 radical (unpaired) electrons. The molecular weight excluding hydrogens is 895 g/mol. The number of esters is 6. The van der Waals surface area contributed by atoms with Gasteiger partial charge in [-0.2, -0.15) is 0 Å². The molecule has 362 valence electrons. The average Bonchev–Trinajstić information content (AvgIpc) is 3.62. The number of aliphatic hydroxyl groups is 1. The van der Waals surface area contributed by atoms with Crippen LogP contribution in [0.1, 0.15) is 94.4 Å². The van der Waals surface area contributed by atoms with Crippen molar-refractivity contribution >= 4 is 52.4 Å². The summed E-state index contributed by atoms with van der Waals surface area (Å²) < 4.78 is 57.5. The third kappa shape index (κ3) is 9.40. The SMILES string of the molecule is CCc1c2c(nc3ccc(OC(O)OC(C)(C)C)cc13)-c1cc3c(c(=O)n1C2)COC(=O)[C@@]3(CC)OC(=O)c1ccc(N)cc1O[C@@H]1O[C@H](C(=O)OC)[C@@H](OC(C)=O)[C@H](OC(C)=O)[C@H]1OC(C)=O. The van der Waals surface area contributed by atoms with Gasteiger partial charge in [0.1, 0.15) is 23.7 Å². The molecule has 1 saturated heterocycles. The number of benzene rings is 2. The van der Waals surface area contributed by atoms with Gasteiger partial charge in [0.15, 0.2) is 18.3 Å². The number of carbonyl (C=O) groups excluding carboxylic acids is 6. The Morgan fingerprint density at radius 1 is 0.926 bits per heavy atom. The number of aromatic nitrogens is 2. The summed E-state index contributed by atoms with van der Waals surface area (Å²) in [4.78, 5) is 98.2. The van der Waals surface area contributed by atoms with E-state index in [2.05, 4.69) is 0 Å². The van der Waals surface area contributed by atoms with E-state index in [1.165, 1.54) is 22.8 Å². The number of nitrogens with zero attached hydrogens (tertiary/aromatic N) is 2. The fourth-order valence-electron chi connectivity index (χ4n) is 8.54. The maximum Gasteiger partial charge on any atom is 0.355 e. The number of fused-ring (bicyclic) bond motifs is 5. The Kier molecular flexibility index (Phi) is 13.6. The Hall–Kier alpha value is -7.10. The summed E-state index contributed by atoms with van der Waals surface area (Å²) in [5.74, 6) is -6.10. The summed E-state index contributed by atoms with van der Waals surface area (Å²) >= 11 is 0. The van der Waals surface area contributed by atoms with E-state index in [0.717, 1.165) is 44.4 Å². The normalized spacial score (nSPS) is 22.1. The van der Waals surface area contributed by atoms with Gasteiger partial charge in [0.05, 0.1) is 41.7 Å². The van der Waals surface area contributed by atoms with Crippen LogP contribution in [0.25, 0.3) is 22.3 Å². The van der Waals surface area contributed by atoms with Crippen LogP contribution in [0.15, 0.2) is 47.3 Å². The molecule has 0 aliphatic carbocycles. The molecule has 0 saturated carbocycles. The number of hydrogen-bond acceptors (Lipinski definition) is 20. The Balaban J connectivity index is 1.27. The van der Waals surface area contributed by atoms with Crippen molar-refractivity contribution < 1.29 is 81.2 Å². The summed E-state index contributed by atoms with van der Waals surface area (Å²) in [6.45, 7) is 10.1. The maximum absolute atomic E-state index is 14.6. The molecule has 7 atom stereocenters. The van der Waals surface area contributed by atoms with Crippen molar-refractivity contribution in [1.82, 2.24) is 9.55 Å². The van der Waals surface area contributed by atoms with Crippen LogP contribution in [-0.2, 0) is 87.0 Å². The molecule has 3 aliphatic heterocycles. The van der Waals surface area contributed by atoms with E-state index in [1.54, 1.807) is 52.0 Å². The molecule has 21 nitrogen and oxygen atoms in total. The van der Waals surface area contributed by atoms with Gasteiger partial charge in [0, 0.05) is 49.0 Å². The van der Waals surface area contributed by atoms with Crippen LogP contribution in [0.5, 0.6) is 11.5 Å². The molecule has 7 rings (SSSR count). The first kappa shape index (κ1) is 48.8. The minimum Gasteiger partial charge on any atom is -0.467 e. The molecular formula is C47H51N3O18. The van der Waals surface area contributed by atoms with Gasteiger partial charge < -0.3 is 62.8 Å². The minimum atomic E-state index is -2.21. The van der Waals surface area contributed by atoms with Crippen molar-refractivity contribution in [3.05, 3.63) is 80.6 Å². The van der Waals surface area contributed by atoms with Crippen molar-refractivity contribution in [2.45, 2.75) is 130 Å². The highest BCUT2D eigenvalue weighted by Gasteiger charge is 2.56. The molecule has 4 aromatic rings. The number of rotatable bonds is 13. The highest BCUT2D eigenvalue weighted by atomic mass is 16.8. The van der Waals surface area contributed by atoms with Gasteiger partial charge in [0.25, 0.3) is 5.56 Å². The Labute approximate surface area is 388 Å². The zero-order chi connectivity index (χ0) is 49.6. The fraction of sp³-hybridized carbons (Fsp3) is 0.447. The summed E-state index contributed by atoms with van der Waals surface area (Å²) in [6, 6.07) is 10.4. The summed E-state index contributed by atoms with van der Waals surface area (Å²) in [5, 5.41) is 11.2. The van der Waals surface area contributed by atoms with E-state index < -0.39 is 96.4 Å². The number of hydrogen-bond donors (Lipinski definition) is 2. The number of anilines is 1. The van der Waals surface area contributed by atoms with E-state index in [1.807, 2.05) is 6.92 Å². The van der Waals surface area contributed by atoms with E-state index in [0.29, 0.717) is 29.1 Å². The van der Waals surface area contributed by atoms with Gasteiger partial charge in [0.2, 0.25) is 18.0 Å². The number of cyclic esters (lactones) is 1. The number of pyridine rings is 2. The Morgan fingerprint density at radius 3 is 2.24 bits per heavy atom. The number of ether oxygens (including phenoxy) is 10. The second-order valence-corrected chi connectivity index (χ2v) is 17.1. The molecule has 3 aliphatic rings. The van der Waals surface area contributed by atoms with E-state index in [9.17, 15) is 38.7 Å². The van der Waals surface area contributed by atoms with Crippen LogP contribution >= 0.6 is 0 Å². The van der Waals surface area contributed by atoms with Crippen molar-refractivity contribution in [1.29, 1.82) is 0 Å². The summed E-state index contributed by atoms with van der Waals surface area (Å²) in [7, 11) is 1.02. The predicted molar refractivity (Wildman–Crippen MR) is 233 cm³/mol. The average molecular weight is 946 g/mol. The molecule has 68 heavy (non-hydrogen) atoms. The van der Waals surface area contributed by atoms with Crippen LogP contribution in [-0.4, -0.2) is 100 Å². The molecule has 1 unspecified atom stereocenters. The number of carbonyl (C=O) groups is 6. The van der Waals surface area contributed by atoms with Crippen LogP contribution in [0.4, 0.5) is 5.69 Å². The van der Waals surface area contributed by atoms with Gasteiger partial charge >= 0.3 is 42.3 Å². The molecule has 0 spiro atoms. The quantitative estimate of drug-likeness (QED) is 0.0738. The van der Waals surface area contributed by atoms with Crippen LogP contribution < -0.4 is 20.8 Å². The fourth-order valence-corrected chi connectivity index (χ4v) is 8.54. The predicted octanol–water partition coefficient (Wildman–Crippen LogP) is 3.63. The molecule has 3 N–H and O–H groups in total. The van der Waals surface area contributed by atoms with Gasteiger partial charge in [-0.1, -0.05) is 13.8 Å². The van der Waals surface area contributed by atoms with Gasteiger partial charge in [-0.05, 0) is 75.6 Å². The standard InChI is InChI=1S/C47H51N3O18/c1-10-26-28-17-25(64-45(58)68-46(6,7)8)13-15-32(28)49-35-29(26)19-50-33(35)18-31-30(40(50)54)20-60-44(57)47(31,11-2)67-41(55)27-14-12-24(48)16-34(27)65-43-39(63-23(5)53)37(62-22(4)52)36(61-21(3)51)38(66-43)42(56)59-9/h12-18,36-39,43,45,58H,10-11,19-20,48H2,1-9H3/t36-,37-,38-,39+,43+,45?,47-/m0/s1. The zero-order valence-corrected chi connectivity index (χ0v) is 38.7. The summed E-state index contributed by atoms with van der Waals surface area (Å²) in [6.07, 6.45) is -8.59. The lowest BCUT2D eigenvalue weighted by Crippen LogP contribution is -2.64. The molecule has 21 heteroatoms. The number of methoxy groups -OCH3 is 1. The van der Waals surface area contributed by atoms with E-state index in [4.69, 9.17) is 58.1 Å². The molecule has 1 fully saturated rings. The van der Waals surface area contributed by atoms with Crippen molar-refractivity contribution in [3.63, 3.8) is 0 Å². The van der Waals surface area contributed by atoms with E-state index >= 15 is 0 Å². The van der Waals surface area contributed by atoms with Gasteiger partial charge in [-0.15, -0.1) is 0 Å². The monoisotopic (exact) mass is 945 g/mol. The van der Waals surface area contributed by atoms with Crippen molar-refractivity contribution in [2.24, 2.45) is 0 Å². The van der Waals surface area contributed by atoms with Gasteiger partial charge in [-0.3, -0.25) is 19.2 Å². The van der Waals surface area contributed by atoms with Gasteiger partial charge in [-0.25, -0.2) is 19.4 Å². The largest absolute Gasteiger partial charge is 0.467 e. The third-order valence-electron chi connectivity index (χ3n) is 11.4. The number of nitrogens with two attached hydrogens (primary N) is 1. The molecule has 5 heterocycles. The lowest BCUT2D eigenvalue weighted by atomic mass is 9.85. The third-order valence-corrected chi connectivity index (χ3v) is 11.4. The Morgan fingerprint density at radius 2 is 1.60 bits per heavy atom. The second-order valence-electron chi connectivity index (χ2n) is 17.1. The van der Waals surface area contributed by atoms with Crippen LogP contribution in [0.3, 0.4) is 0 Å². The molecule has 0 amide bonds. The van der Waals surface area contributed by atoms with E-state index in [-0.39, 0.29) is 41.1 Å². The van der Waals surface area contributed by atoms with Crippen molar-refractivity contribution in [2.75, 3.05) is 12.8 Å². The van der Waals surface area contributed by atoms with Crippen LogP contribution in [0, 0.1) is 0 Å². The lowest BCUT2D eigenvalue weighted by molar-refractivity contribution is -0.282. The second kappa shape index (κ2) is 18.9. The first-order valence-electron chi connectivity index (χ1n) is 21.6. The number of nitrogen functional groups attached to an aromatic ring is 1. The Bertz CT molecular complexity index is 2780. The van der Waals surface area contributed by atoms with Crippen LogP contribution in [0.2, 0.25) is 0 Å². The first-order chi connectivity index (χ1) is 32.1. The maximum atomic E-state index is 14.6. The highest BCUT2D eigenvalue weighted by molar-refractivity contribution is 5.97. The lowest BCUT2D eigenvalue weighted by Gasteiger charge is -2.43.